The largest absolute Gasteiger partial charge is 0.496 e. The summed E-state index contributed by atoms with van der Waals surface area (Å²) in [5, 5.41) is 7.82. The minimum Gasteiger partial charge on any atom is -0.496 e. The van der Waals surface area contributed by atoms with E-state index >= 15 is 0 Å². The molecule has 0 saturated carbocycles. The fraction of sp³-hybridized carbons (Fsp3) is 0.438. The van der Waals surface area contributed by atoms with Gasteiger partial charge < -0.3 is 10.1 Å². The van der Waals surface area contributed by atoms with Crippen LogP contribution < -0.4 is 10.1 Å². The summed E-state index contributed by atoms with van der Waals surface area (Å²) in [5.41, 5.74) is 4.68. The SMILES string of the molecule is CCNCc1ccc(Cn2cc(C)c(C)n2)c(OC)c1. The first-order chi connectivity index (χ1) is 9.63. The average Bonchev–Trinajstić information content (AvgIpc) is 2.76. The molecule has 0 spiro atoms. The number of rotatable bonds is 6. The van der Waals surface area contributed by atoms with E-state index < -0.39 is 0 Å². The lowest BCUT2D eigenvalue weighted by molar-refractivity contribution is 0.406. The first-order valence-corrected chi connectivity index (χ1v) is 7.01. The number of ether oxygens (including phenoxy) is 1. The van der Waals surface area contributed by atoms with E-state index in [1.807, 2.05) is 11.6 Å². The van der Waals surface area contributed by atoms with Crippen LogP contribution in [0.4, 0.5) is 0 Å². The first kappa shape index (κ1) is 14.6. The smallest absolute Gasteiger partial charge is 0.124 e. The van der Waals surface area contributed by atoms with Crippen molar-refractivity contribution in [1.82, 2.24) is 15.1 Å². The van der Waals surface area contributed by atoms with Gasteiger partial charge in [0.15, 0.2) is 0 Å². The Kier molecular flexibility index (Phi) is 4.79. The molecule has 0 amide bonds. The Balaban J connectivity index is 2.18. The average molecular weight is 273 g/mol. The van der Waals surface area contributed by atoms with Crippen molar-refractivity contribution in [2.24, 2.45) is 0 Å². The molecule has 0 aliphatic heterocycles. The zero-order valence-electron chi connectivity index (χ0n) is 12.7. The first-order valence-electron chi connectivity index (χ1n) is 7.01. The van der Waals surface area contributed by atoms with E-state index in [0.717, 1.165) is 36.6 Å². The second-order valence-corrected chi connectivity index (χ2v) is 5.02. The van der Waals surface area contributed by atoms with Crippen molar-refractivity contribution >= 4 is 0 Å². The molecule has 0 saturated heterocycles. The second kappa shape index (κ2) is 6.57. The number of hydrogen-bond acceptors (Lipinski definition) is 3. The topological polar surface area (TPSA) is 39.1 Å². The molecule has 0 aliphatic rings. The van der Waals surface area contributed by atoms with Crippen molar-refractivity contribution in [3.8, 4) is 5.75 Å². The summed E-state index contributed by atoms with van der Waals surface area (Å²) in [5.74, 6) is 0.922. The van der Waals surface area contributed by atoms with Gasteiger partial charge in [0.25, 0.3) is 0 Å². The maximum absolute atomic E-state index is 5.51. The van der Waals surface area contributed by atoms with E-state index in [0.29, 0.717) is 0 Å². The molecule has 0 unspecified atom stereocenters. The van der Waals surface area contributed by atoms with Crippen LogP contribution in [0.5, 0.6) is 5.75 Å². The van der Waals surface area contributed by atoms with E-state index in [-0.39, 0.29) is 0 Å². The lowest BCUT2D eigenvalue weighted by atomic mass is 10.1. The molecule has 1 aromatic heterocycles. The molecule has 0 aliphatic carbocycles. The monoisotopic (exact) mass is 273 g/mol. The fourth-order valence-corrected chi connectivity index (χ4v) is 2.17. The maximum Gasteiger partial charge on any atom is 0.124 e. The van der Waals surface area contributed by atoms with Crippen LogP contribution in [0.1, 0.15) is 29.3 Å². The summed E-state index contributed by atoms with van der Waals surface area (Å²) in [7, 11) is 1.72. The predicted molar refractivity (Wildman–Crippen MR) is 81.2 cm³/mol. The third-order valence-electron chi connectivity index (χ3n) is 3.45. The highest BCUT2D eigenvalue weighted by Crippen LogP contribution is 2.21. The zero-order chi connectivity index (χ0) is 14.5. The molecule has 0 bridgehead atoms. The molecule has 20 heavy (non-hydrogen) atoms. The van der Waals surface area contributed by atoms with Gasteiger partial charge in [-0.1, -0.05) is 19.1 Å². The lowest BCUT2D eigenvalue weighted by Gasteiger charge is -2.11. The summed E-state index contributed by atoms with van der Waals surface area (Å²) in [4.78, 5) is 0. The summed E-state index contributed by atoms with van der Waals surface area (Å²) in [6.07, 6.45) is 2.07. The summed E-state index contributed by atoms with van der Waals surface area (Å²) < 4.78 is 7.47. The van der Waals surface area contributed by atoms with E-state index in [9.17, 15) is 0 Å². The van der Waals surface area contributed by atoms with Crippen molar-refractivity contribution < 1.29 is 4.74 Å². The van der Waals surface area contributed by atoms with Crippen LogP contribution in [0, 0.1) is 13.8 Å². The Morgan fingerprint density at radius 3 is 2.70 bits per heavy atom. The van der Waals surface area contributed by atoms with Crippen molar-refractivity contribution in [3.05, 3.63) is 46.8 Å². The predicted octanol–water partition coefficient (Wildman–Crippen LogP) is 2.67. The lowest BCUT2D eigenvalue weighted by Crippen LogP contribution is -2.12. The highest BCUT2D eigenvalue weighted by Gasteiger charge is 2.07. The number of nitrogens with zero attached hydrogens (tertiary/aromatic N) is 2. The Bertz CT molecular complexity index is 556. The van der Waals surface area contributed by atoms with Gasteiger partial charge in [0.1, 0.15) is 5.75 Å². The molecule has 0 atom stereocenters. The van der Waals surface area contributed by atoms with Crippen LogP contribution in [0.25, 0.3) is 0 Å². The molecule has 1 aromatic carbocycles. The van der Waals surface area contributed by atoms with Gasteiger partial charge >= 0.3 is 0 Å². The highest BCUT2D eigenvalue weighted by molar-refractivity contribution is 5.38. The van der Waals surface area contributed by atoms with Gasteiger partial charge in [0.2, 0.25) is 0 Å². The molecule has 2 aromatic rings. The van der Waals surface area contributed by atoms with Gasteiger partial charge in [-0.15, -0.1) is 0 Å². The number of benzene rings is 1. The number of aryl methyl sites for hydroxylation is 2. The molecule has 1 N–H and O–H groups in total. The Labute approximate surface area is 120 Å². The number of methoxy groups -OCH3 is 1. The normalized spacial score (nSPS) is 10.8. The standard InChI is InChI=1S/C16H23N3O/c1-5-17-9-14-6-7-15(16(8-14)20-4)11-19-10-12(2)13(3)18-19/h6-8,10,17H,5,9,11H2,1-4H3. The van der Waals surface area contributed by atoms with Crippen LogP contribution in [0.15, 0.2) is 24.4 Å². The maximum atomic E-state index is 5.51. The zero-order valence-corrected chi connectivity index (χ0v) is 12.7. The van der Waals surface area contributed by atoms with E-state index in [1.54, 1.807) is 7.11 Å². The quantitative estimate of drug-likeness (QED) is 0.879. The third kappa shape index (κ3) is 3.39. The molecular formula is C16H23N3O. The van der Waals surface area contributed by atoms with Crippen LogP contribution in [0.3, 0.4) is 0 Å². The van der Waals surface area contributed by atoms with Gasteiger partial charge in [-0.2, -0.15) is 5.10 Å². The van der Waals surface area contributed by atoms with E-state index in [4.69, 9.17) is 4.74 Å². The molecule has 1 heterocycles. The summed E-state index contributed by atoms with van der Waals surface area (Å²) in [6, 6.07) is 6.36. The Morgan fingerprint density at radius 2 is 2.10 bits per heavy atom. The van der Waals surface area contributed by atoms with Crippen LogP contribution in [0.2, 0.25) is 0 Å². The van der Waals surface area contributed by atoms with Gasteiger partial charge in [0, 0.05) is 18.3 Å². The van der Waals surface area contributed by atoms with Gasteiger partial charge in [-0.3, -0.25) is 4.68 Å². The molecule has 4 heteroatoms. The number of hydrogen-bond donors (Lipinski definition) is 1. The highest BCUT2D eigenvalue weighted by atomic mass is 16.5. The molecule has 0 fully saturated rings. The van der Waals surface area contributed by atoms with Crippen molar-refractivity contribution in [2.45, 2.75) is 33.9 Å². The van der Waals surface area contributed by atoms with Gasteiger partial charge in [0.05, 0.1) is 19.3 Å². The van der Waals surface area contributed by atoms with Crippen molar-refractivity contribution in [3.63, 3.8) is 0 Å². The Morgan fingerprint density at radius 1 is 1.30 bits per heavy atom. The van der Waals surface area contributed by atoms with Crippen LogP contribution in [-0.4, -0.2) is 23.4 Å². The molecular weight excluding hydrogens is 250 g/mol. The van der Waals surface area contributed by atoms with Crippen molar-refractivity contribution in [1.29, 1.82) is 0 Å². The molecule has 0 radical (unpaired) electrons. The minimum atomic E-state index is 0.735. The minimum absolute atomic E-state index is 0.735. The second-order valence-electron chi connectivity index (χ2n) is 5.02. The third-order valence-corrected chi connectivity index (χ3v) is 3.45. The molecule has 2 rings (SSSR count). The van der Waals surface area contributed by atoms with Crippen LogP contribution >= 0.6 is 0 Å². The Hall–Kier alpha value is -1.81. The molecule has 4 nitrogen and oxygen atoms in total. The summed E-state index contributed by atoms with van der Waals surface area (Å²) in [6.45, 7) is 8.79. The molecule has 108 valence electrons. The van der Waals surface area contributed by atoms with E-state index in [1.165, 1.54) is 11.1 Å². The number of nitrogens with one attached hydrogen (secondary N) is 1. The summed E-state index contributed by atoms with van der Waals surface area (Å²) >= 11 is 0. The van der Waals surface area contributed by atoms with Gasteiger partial charge in [-0.05, 0) is 37.6 Å². The van der Waals surface area contributed by atoms with E-state index in [2.05, 4.69) is 48.7 Å². The van der Waals surface area contributed by atoms with Crippen LogP contribution in [-0.2, 0) is 13.1 Å². The van der Waals surface area contributed by atoms with Crippen molar-refractivity contribution in [2.75, 3.05) is 13.7 Å². The van der Waals surface area contributed by atoms with Gasteiger partial charge in [-0.25, -0.2) is 0 Å². The number of aromatic nitrogens is 2. The fourth-order valence-electron chi connectivity index (χ4n) is 2.17.